The maximum Gasteiger partial charge on any atom is 0.294 e. The van der Waals surface area contributed by atoms with Crippen molar-refractivity contribution < 1.29 is 24.7 Å². The van der Waals surface area contributed by atoms with Crippen LogP contribution in [0.1, 0.15) is 47.8 Å². The number of piperidine rings is 2. The third-order valence-electron chi connectivity index (χ3n) is 6.22. The summed E-state index contributed by atoms with van der Waals surface area (Å²) in [5.74, 6) is -3.69. The number of likely N-dealkylation sites (tertiary alicyclic amines) is 2. The number of nitrogens with one attached hydrogen (secondary N) is 1. The molecular weight excluding hydrogens is 528 g/mol. The van der Waals surface area contributed by atoms with E-state index in [0.29, 0.717) is 29.4 Å². The Kier molecular flexibility index (Phi) is 6.89. The minimum Gasteiger partial charge on any atom is -0.374 e. The van der Waals surface area contributed by atoms with Crippen LogP contribution in [0.5, 0.6) is 0 Å². The Morgan fingerprint density at radius 1 is 1.20 bits per heavy atom. The molecule has 1 aromatic heterocycles. The van der Waals surface area contributed by atoms with Gasteiger partial charge in [0.2, 0.25) is 0 Å². The fourth-order valence-corrected chi connectivity index (χ4v) is 4.82. The molecule has 1 aromatic carbocycles. The lowest BCUT2D eigenvalue weighted by atomic mass is 10.0. The zero-order valence-corrected chi connectivity index (χ0v) is 20.3. The van der Waals surface area contributed by atoms with E-state index in [-0.39, 0.29) is 48.7 Å². The number of alkyl halides is 2. The van der Waals surface area contributed by atoms with Crippen molar-refractivity contribution in [3.63, 3.8) is 0 Å². The smallest absolute Gasteiger partial charge is 0.294 e. The van der Waals surface area contributed by atoms with Gasteiger partial charge in [-0.3, -0.25) is 24.7 Å². The number of halogens is 3. The maximum absolute atomic E-state index is 13.6. The second-order valence-corrected chi connectivity index (χ2v) is 9.58. The summed E-state index contributed by atoms with van der Waals surface area (Å²) in [6.07, 6.45) is 1.64. The Bertz CT molecular complexity index is 1190. The number of carbonyl (C=O) groups excluding carboxylic acids is 2. The molecule has 3 heterocycles. The Hall–Kier alpha value is -3.15. The van der Waals surface area contributed by atoms with Gasteiger partial charge in [-0.25, -0.2) is 8.78 Å². The highest BCUT2D eigenvalue weighted by molar-refractivity contribution is 9.10. The lowest BCUT2D eigenvalue weighted by Crippen LogP contribution is -2.46. The number of aromatic nitrogens is 1. The molecule has 0 unspecified atom stereocenters. The number of nitro groups is 1. The number of benzene rings is 1. The summed E-state index contributed by atoms with van der Waals surface area (Å²) in [6, 6.07) is 5.23. The summed E-state index contributed by atoms with van der Waals surface area (Å²) in [4.78, 5) is 44.2. The second kappa shape index (κ2) is 10.2. The number of pyridine rings is 1. The average Bonchev–Trinajstić information content (AvgIpc) is 2.84. The van der Waals surface area contributed by atoms with Crippen LogP contribution in [0.3, 0.4) is 0 Å². The van der Waals surface area contributed by atoms with Crippen LogP contribution in [0.4, 0.5) is 20.2 Å². The van der Waals surface area contributed by atoms with Crippen LogP contribution in [0, 0.1) is 10.1 Å². The van der Waals surface area contributed by atoms with E-state index in [4.69, 9.17) is 1.37 Å². The maximum atomic E-state index is 13.6. The summed E-state index contributed by atoms with van der Waals surface area (Å²) in [5.41, 5.74) is 0.00875. The predicted molar refractivity (Wildman–Crippen MR) is 128 cm³/mol. The molecule has 0 saturated carbocycles. The van der Waals surface area contributed by atoms with Crippen LogP contribution < -0.4 is 5.32 Å². The largest absolute Gasteiger partial charge is 0.374 e. The van der Waals surface area contributed by atoms with Crippen LogP contribution in [0.2, 0.25) is 0 Å². The Morgan fingerprint density at radius 2 is 1.94 bits per heavy atom. The Morgan fingerprint density at radius 3 is 2.63 bits per heavy atom. The first-order valence-electron chi connectivity index (χ1n) is 11.7. The molecule has 9 nitrogen and oxygen atoms in total. The number of amides is 2. The van der Waals surface area contributed by atoms with E-state index in [9.17, 15) is 28.5 Å². The predicted octanol–water partition coefficient (Wildman–Crippen LogP) is 4.34. The molecule has 0 bridgehead atoms. The molecular formula is C23H24BrF2N5O4. The summed E-state index contributed by atoms with van der Waals surface area (Å²) in [7, 11) is 0. The molecule has 2 aliphatic heterocycles. The third-order valence-corrected chi connectivity index (χ3v) is 6.68. The van der Waals surface area contributed by atoms with Gasteiger partial charge in [0.05, 0.1) is 11.9 Å². The minimum atomic E-state index is -2.84. The number of rotatable bonds is 5. The molecule has 35 heavy (non-hydrogen) atoms. The summed E-state index contributed by atoms with van der Waals surface area (Å²) in [5, 5.41) is 15.0. The lowest BCUT2D eigenvalue weighted by molar-refractivity contribution is -0.384. The molecule has 0 radical (unpaired) electrons. The van der Waals surface area contributed by atoms with Crippen molar-refractivity contribution in [2.24, 2.45) is 0 Å². The van der Waals surface area contributed by atoms with Crippen LogP contribution in [0.15, 0.2) is 41.1 Å². The van der Waals surface area contributed by atoms with Crippen molar-refractivity contribution in [3.8, 4) is 0 Å². The molecule has 12 heteroatoms. The van der Waals surface area contributed by atoms with Gasteiger partial charge in [-0.15, -0.1) is 0 Å². The van der Waals surface area contributed by atoms with Crippen LogP contribution >= 0.6 is 15.9 Å². The normalized spacial score (nSPS) is 20.2. The van der Waals surface area contributed by atoms with E-state index >= 15 is 0 Å². The first-order chi connectivity index (χ1) is 17.0. The molecule has 0 spiro atoms. The van der Waals surface area contributed by atoms with Crippen LogP contribution in [-0.2, 0) is 0 Å². The second-order valence-electron chi connectivity index (χ2n) is 8.66. The SMILES string of the molecule is [2H]c1cc(C(=O)N2CCC[C@@H](Nc3c(C(=O)N4CCC(F)(F)CC4)cc(Br)cc3[N+](=O)[O-])C2)ccn1. The topological polar surface area (TPSA) is 109 Å². The first kappa shape index (κ1) is 23.6. The van der Waals surface area contributed by atoms with Gasteiger partial charge in [0.1, 0.15) is 5.69 Å². The lowest BCUT2D eigenvalue weighted by Gasteiger charge is -2.35. The molecule has 2 amide bonds. The summed E-state index contributed by atoms with van der Waals surface area (Å²) >= 11 is 3.22. The van der Waals surface area contributed by atoms with E-state index in [1.165, 1.54) is 35.4 Å². The van der Waals surface area contributed by atoms with Crippen molar-refractivity contribution >= 4 is 39.1 Å². The van der Waals surface area contributed by atoms with E-state index in [0.717, 1.165) is 0 Å². The van der Waals surface area contributed by atoms with E-state index < -0.39 is 35.6 Å². The molecule has 2 fully saturated rings. The fraction of sp³-hybridized carbons (Fsp3) is 0.435. The van der Waals surface area contributed by atoms with Gasteiger partial charge >= 0.3 is 0 Å². The van der Waals surface area contributed by atoms with Gasteiger partial charge in [0, 0.05) is 73.5 Å². The zero-order chi connectivity index (χ0) is 26.0. The standard InChI is InChI=1S/C23H24BrF2N5O4/c24-16-12-18(22(33)29-10-5-23(25,26)6-11-29)20(19(13-16)31(34)35)28-17-2-1-9-30(14-17)21(32)15-3-7-27-8-4-15/h3-4,7-8,12-13,17,28H,1-2,5-6,9-11,14H2/t17-/m1/s1/i7D. The number of hydrogen-bond donors (Lipinski definition) is 1. The molecule has 1 N–H and O–H groups in total. The van der Waals surface area contributed by atoms with Gasteiger partial charge in [-0.05, 0) is 31.0 Å². The Balaban J connectivity index is 1.59. The molecule has 2 aliphatic rings. The van der Waals surface area contributed by atoms with Crippen molar-refractivity contribution in [3.05, 3.63) is 62.3 Å². The van der Waals surface area contributed by atoms with Gasteiger partial charge in [0.25, 0.3) is 23.4 Å². The minimum absolute atomic E-state index is 0.00203. The highest BCUT2D eigenvalue weighted by atomic mass is 79.9. The third kappa shape index (κ3) is 5.75. The van der Waals surface area contributed by atoms with E-state index in [2.05, 4.69) is 26.2 Å². The number of nitrogens with zero attached hydrogens (tertiary/aromatic N) is 4. The monoisotopic (exact) mass is 552 g/mol. The average molecular weight is 553 g/mol. The van der Waals surface area contributed by atoms with Crippen LogP contribution in [-0.4, -0.2) is 69.7 Å². The molecule has 0 aliphatic carbocycles. The van der Waals surface area contributed by atoms with Crippen LogP contribution in [0.25, 0.3) is 0 Å². The van der Waals surface area contributed by atoms with Gasteiger partial charge in [0.15, 0.2) is 0 Å². The number of anilines is 1. The number of carbonyl (C=O) groups is 2. The van der Waals surface area contributed by atoms with E-state index in [1.54, 1.807) is 4.90 Å². The van der Waals surface area contributed by atoms with Gasteiger partial charge < -0.3 is 15.1 Å². The highest BCUT2D eigenvalue weighted by Crippen LogP contribution is 2.36. The zero-order valence-electron chi connectivity index (χ0n) is 19.7. The summed E-state index contributed by atoms with van der Waals surface area (Å²) < 4.78 is 35.2. The molecule has 186 valence electrons. The molecule has 1 atom stereocenters. The van der Waals surface area contributed by atoms with Gasteiger partial charge in [-0.2, -0.15) is 0 Å². The van der Waals surface area contributed by atoms with E-state index in [1.807, 2.05) is 0 Å². The Labute approximate surface area is 210 Å². The van der Waals surface area contributed by atoms with Crippen molar-refractivity contribution in [2.75, 3.05) is 31.5 Å². The number of nitro benzene ring substituents is 1. The van der Waals surface area contributed by atoms with Crippen molar-refractivity contribution in [1.29, 1.82) is 0 Å². The summed E-state index contributed by atoms with van der Waals surface area (Å²) in [6.45, 7) is 0.399. The quantitative estimate of drug-likeness (QED) is 0.436. The fourth-order valence-electron chi connectivity index (χ4n) is 4.38. The molecule has 4 rings (SSSR count). The number of hydrogen-bond acceptors (Lipinski definition) is 6. The first-order valence-corrected chi connectivity index (χ1v) is 12.0. The highest BCUT2D eigenvalue weighted by Gasteiger charge is 2.37. The molecule has 2 saturated heterocycles. The van der Waals surface area contributed by atoms with Crippen molar-refractivity contribution in [2.45, 2.75) is 37.6 Å². The molecule has 2 aromatic rings. The van der Waals surface area contributed by atoms with Gasteiger partial charge in [-0.1, -0.05) is 15.9 Å². The van der Waals surface area contributed by atoms with Crippen molar-refractivity contribution in [1.82, 2.24) is 14.8 Å².